The number of pyridine rings is 1. The van der Waals surface area contributed by atoms with Crippen LogP contribution in [-0.2, 0) is 11.3 Å². The summed E-state index contributed by atoms with van der Waals surface area (Å²) in [5.41, 5.74) is 1.07. The third kappa shape index (κ3) is 3.34. The lowest BCUT2D eigenvalue weighted by molar-refractivity contribution is -0.126. The number of amides is 1. The molecule has 0 radical (unpaired) electrons. The molecule has 0 bridgehead atoms. The first-order valence-corrected chi connectivity index (χ1v) is 8.94. The number of nitrogens with one attached hydrogen (secondary N) is 2. The highest BCUT2D eigenvalue weighted by Crippen LogP contribution is 2.33. The lowest BCUT2D eigenvalue weighted by Gasteiger charge is -2.21. The summed E-state index contributed by atoms with van der Waals surface area (Å²) in [6, 6.07) is 5.47. The molecule has 1 aromatic carbocycles. The summed E-state index contributed by atoms with van der Waals surface area (Å²) >= 11 is 0. The van der Waals surface area contributed by atoms with Crippen molar-refractivity contribution in [3.05, 3.63) is 34.1 Å². The Morgan fingerprint density at radius 1 is 1.08 bits per heavy atom. The number of fused-ring (bicyclic) bond motifs is 2. The quantitative estimate of drug-likeness (QED) is 0.898. The van der Waals surface area contributed by atoms with Crippen LogP contribution in [0.25, 0.3) is 10.9 Å². The van der Waals surface area contributed by atoms with E-state index in [2.05, 4.69) is 10.3 Å². The van der Waals surface area contributed by atoms with Crippen LogP contribution >= 0.6 is 0 Å². The summed E-state index contributed by atoms with van der Waals surface area (Å²) in [7, 11) is 0. The van der Waals surface area contributed by atoms with Crippen LogP contribution in [0.2, 0.25) is 0 Å². The Balaban J connectivity index is 1.54. The average molecular weight is 342 g/mol. The number of benzene rings is 1. The Hall–Kier alpha value is -2.50. The summed E-state index contributed by atoms with van der Waals surface area (Å²) < 4.78 is 11.1. The minimum absolute atomic E-state index is 0.0568. The molecule has 0 saturated heterocycles. The molecule has 0 unspecified atom stereocenters. The van der Waals surface area contributed by atoms with Gasteiger partial charge in [0.15, 0.2) is 11.5 Å². The molecule has 1 aliphatic heterocycles. The van der Waals surface area contributed by atoms with Crippen LogP contribution in [0.4, 0.5) is 0 Å². The van der Waals surface area contributed by atoms with Gasteiger partial charge in [-0.2, -0.15) is 0 Å². The van der Waals surface area contributed by atoms with Gasteiger partial charge in [0.25, 0.3) is 5.56 Å². The van der Waals surface area contributed by atoms with E-state index >= 15 is 0 Å². The van der Waals surface area contributed by atoms with E-state index in [0.717, 1.165) is 31.1 Å². The van der Waals surface area contributed by atoms with Gasteiger partial charge in [0, 0.05) is 29.5 Å². The van der Waals surface area contributed by atoms with Crippen LogP contribution in [0.1, 0.15) is 37.7 Å². The van der Waals surface area contributed by atoms with Crippen molar-refractivity contribution >= 4 is 16.8 Å². The Labute approximate surface area is 145 Å². The molecule has 2 aromatic rings. The molecule has 1 aliphatic carbocycles. The standard InChI is InChI=1S/C19H22N2O4/c22-18(12-4-2-1-3-5-12)20-11-14-8-13-9-16-17(25-7-6-24-16)10-15(13)21-19(14)23/h8-10,12H,1-7,11H2,(H,20,22)(H,21,23). The first-order valence-electron chi connectivity index (χ1n) is 8.94. The minimum Gasteiger partial charge on any atom is -0.486 e. The number of aromatic nitrogens is 1. The highest BCUT2D eigenvalue weighted by atomic mass is 16.6. The predicted octanol–water partition coefficient (Wildman–Crippen LogP) is 2.50. The molecule has 25 heavy (non-hydrogen) atoms. The monoisotopic (exact) mass is 342 g/mol. The molecule has 6 heteroatoms. The molecule has 1 aromatic heterocycles. The third-order valence-electron chi connectivity index (χ3n) is 5.01. The maximum atomic E-state index is 12.3. The molecule has 6 nitrogen and oxygen atoms in total. The smallest absolute Gasteiger partial charge is 0.253 e. The van der Waals surface area contributed by atoms with E-state index in [1.54, 1.807) is 6.07 Å². The summed E-state index contributed by atoms with van der Waals surface area (Å²) in [6.45, 7) is 1.27. The topological polar surface area (TPSA) is 80.4 Å². The van der Waals surface area contributed by atoms with E-state index in [-0.39, 0.29) is 23.9 Å². The van der Waals surface area contributed by atoms with Gasteiger partial charge >= 0.3 is 0 Å². The zero-order valence-electron chi connectivity index (χ0n) is 14.1. The number of hydrogen-bond acceptors (Lipinski definition) is 4. The number of rotatable bonds is 3. The van der Waals surface area contributed by atoms with Crippen LogP contribution in [0.15, 0.2) is 23.0 Å². The van der Waals surface area contributed by atoms with Crippen molar-refractivity contribution in [1.29, 1.82) is 0 Å². The molecule has 1 amide bonds. The molecular formula is C19H22N2O4. The van der Waals surface area contributed by atoms with Gasteiger partial charge in [-0.05, 0) is 25.0 Å². The Morgan fingerprint density at radius 3 is 2.56 bits per heavy atom. The second-order valence-corrected chi connectivity index (χ2v) is 6.76. The van der Waals surface area contributed by atoms with E-state index in [0.29, 0.717) is 35.8 Å². The van der Waals surface area contributed by atoms with Crippen molar-refractivity contribution in [3.8, 4) is 11.5 Å². The maximum Gasteiger partial charge on any atom is 0.253 e. The normalized spacial score (nSPS) is 17.4. The van der Waals surface area contributed by atoms with Crippen molar-refractivity contribution in [1.82, 2.24) is 10.3 Å². The number of carbonyl (C=O) groups is 1. The fraction of sp³-hybridized carbons (Fsp3) is 0.474. The summed E-state index contributed by atoms with van der Waals surface area (Å²) in [5, 5.41) is 3.79. The summed E-state index contributed by atoms with van der Waals surface area (Å²) in [5.74, 6) is 1.47. The first-order chi connectivity index (χ1) is 12.2. The van der Waals surface area contributed by atoms with Crippen LogP contribution in [0.5, 0.6) is 11.5 Å². The zero-order valence-corrected chi connectivity index (χ0v) is 14.1. The first kappa shape index (κ1) is 16.0. The van der Waals surface area contributed by atoms with E-state index in [4.69, 9.17) is 9.47 Å². The van der Waals surface area contributed by atoms with Crippen molar-refractivity contribution < 1.29 is 14.3 Å². The molecule has 2 N–H and O–H groups in total. The molecule has 1 saturated carbocycles. The Kier molecular flexibility index (Phi) is 4.34. The molecule has 0 spiro atoms. The van der Waals surface area contributed by atoms with Gasteiger partial charge in [0.05, 0.1) is 5.52 Å². The molecule has 2 heterocycles. The SMILES string of the molecule is O=C(NCc1cc2cc3c(cc2[nH]c1=O)OCCO3)C1CCCCC1. The number of hydrogen-bond donors (Lipinski definition) is 2. The minimum atomic E-state index is -0.187. The largest absolute Gasteiger partial charge is 0.486 e. The van der Waals surface area contributed by atoms with Crippen molar-refractivity contribution in [2.75, 3.05) is 13.2 Å². The lowest BCUT2D eigenvalue weighted by Crippen LogP contribution is -2.33. The zero-order chi connectivity index (χ0) is 17.2. The van der Waals surface area contributed by atoms with Crippen molar-refractivity contribution in [2.24, 2.45) is 5.92 Å². The number of carbonyl (C=O) groups excluding carboxylic acids is 1. The lowest BCUT2D eigenvalue weighted by atomic mass is 9.88. The molecule has 132 valence electrons. The molecule has 1 fully saturated rings. The molecule has 0 atom stereocenters. The van der Waals surface area contributed by atoms with Gasteiger partial charge in [0.2, 0.25) is 5.91 Å². The van der Waals surface area contributed by atoms with E-state index in [1.807, 2.05) is 12.1 Å². The fourth-order valence-corrected chi connectivity index (χ4v) is 3.61. The summed E-state index contributed by atoms with van der Waals surface area (Å²) in [6.07, 6.45) is 5.33. The second kappa shape index (κ2) is 6.78. The molecule has 2 aliphatic rings. The summed E-state index contributed by atoms with van der Waals surface area (Å²) in [4.78, 5) is 27.5. The van der Waals surface area contributed by atoms with Gasteiger partial charge in [-0.25, -0.2) is 0 Å². The fourth-order valence-electron chi connectivity index (χ4n) is 3.61. The molecular weight excluding hydrogens is 320 g/mol. The van der Waals surface area contributed by atoms with Crippen LogP contribution in [0, 0.1) is 5.92 Å². The van der Waals surface area contributed by atoms with E-state index < -0.39 is 0 Å². The van der Waals surface area contributed by atoms with Gasteiger partial charge < -0.3 is 19.8 Å². The maximum absolute atomic E-state index is 12.3. The number of aromatic amines is 1. The molecule has 4 rings (SSSR count). The Morgan fingerprint density at radius 2 is 1.80 bits per heavy atom. The number of ether oxygens (including phenoxy) is 2. The van der Waals surface area contributed by atoms with Crippen molar-refractivity contribution in [3.63, 3.8) is 0 Å². The van der Waals surface area contributed by atoms with Crippen LogP contribution < -0.4 is 20.3 Å². The van der Waals surface area contributed by atoms with Gasteiger partial charge in [-0.3, -0.25) is 9.59 Å². The van der Waals surface area contributed by atoms with E-state index in [9.17, 15) is 9.59 Å². The number of H-pyrrole nitrogens is 1. The van der Waals surface area contributed by atoms with Crippen molar-refractivity contribution in [2.45, 2.75) is 38.6 Å². The predicted molar refractivity (Wildman–Crippen MR) is 94.0 cm³/mol. The third-order valence-corrected chi connectivity index (χ3v) is 5.01. The van der Waals surface area contributed by atoms with Gasteiger partial charge in [-0.15, -0.1) is 0 Å². The van der Waals surface area contributed by atoms with E-state index in [1.165, 1.54) is 6.42 Å². The van der Waals surface area contributed by atoms with Gasteiger partial charge in [0.1, 0.15) is 13.2 Å². The highest BCUT2D eigenvalue weighted by Gasteiger charge is 2.21. The van der Waals surface area contributed by atoms with Gasteiger partial charge in [-0.1, -0.05) is 19.3 Å². The highest BCUT2D eigenvalue weighted by molar-refractivity contribution is 5.83. The van der Waals surface area contributed by atoms with Crippen LogP contribution in [0.3, 0.4) is 0 Å². The Bertz CT molecular complexity index is 852. The average Bonchev–Trinajstić information content (AvgIpc) is 2.65. The van der Waals surface area contributed by atoms with Crippen LogP contribution in [-0.4, -0.2) is 24.1 Å². The second-order valence-electron chi connectivity index (χ2n) is 6.76.